The zero-order valence-corrected chi connectivity index (χ0v) is 13.0. The fourth-order valence-corrected chi connectivity index (χ4v) is 3.34. The molecule has 7 heteroatoms. The number of hydrogen-bond donors (Lipinski definition) is 3. The molecule has 0 saturated heterocycles. The first-order valence-corrected chi connectivity index (χ1v) is 8.26. The van der Waals surface area contributed by atoms with Gasteiger partial charge in [-0.15, -0.1) is 0 Å². The maximum absolute atomic E-state index is 12.4. The predicted molar refractivity (Wildman–Crippen MR) is 87.1 cm³/mol. The Balaban J connectivity index is 2.05. The number of pyridine rings is 1. The number of hydrogen-bond acceptors (Lipinski definition) is 5. The van der Waals surface area contributed by atoms with Crippen molar-refractivity contribution >= 4 is 26.6 Å². The van der Waals surface area contributed by atoms with Gasteiger partial charge in [0.1, 0.15) is 5.75 Å². The van der Waals surface area contributed by atoms with E-state index in [1.165, 1.54) is 36.5 Å². The molecule has 3 rings (SSSR count). The number of fused-ring (bicyclic) bond motifs is 1. The highest BCUT2D eigenvalue weighted by Crippen LogP contribution is 2.29. The van der Waals surface area contributed by atoms with Crippen molar-refractivity contribution in [3.8, 4) is 11.5 Å². The third-order valence-corrected chi connectivity index (χ3v) is 4.90. The van der Waals surface area contributed by atoms with E-state index >= 15 is 0 Å². The standard InChI is InChI=1S/C16H14N2O4S/c1-10-13-6-5-12(9-11(13)4-7-14(10)19)23(21,22)18-16-15(20)3-2-8-17-16/h2-9,19-20H,1H3,(H,17,18). The summed E-state index contributed by atoms with van der Waals surface area (Å²) in [5.74, 6) is -0.225. The molecule has 3 aromatic rings. The zero-order chi connectivity index (χ0) is 16.6. The summed E-state index contributed by atoms with van der Waals surface area (Å²) >= 11 is 0. The van der Waals surface area contributed by atoms with Crippen LogP contribution < -0.4 is 4.72 Å². The quantitative estimate of drug-likeness (QED) is 0.686. The molecule has 0 aliphatic carbocycles. The third-order valence-electron chi connectivity index (χ3n) is 3.56. The molecule has 2 aromatic carbocycles. The van der Waals surface area contributed by atoms with Crippen molar-refractivity contribution in [3.05, 3.63) is 54.2 Å². The molecular formula is C16H14N2O4S. The van der Waals surface area contributed by atoms with Gasteiger partial charge in [0.2, 0.25) is 0 Å². The highest BCUT2D eigenvalue weighted by Gasteiger charge is 2.17. The topological polar surface area (TPSA) is 99.5 Å². The van der Waals surface area contributed by atoms with Gasteiger partial charge in [-0.05, 0) is 53.6 Å². The van der Waals surface area contributed by atoms with Crippen molar-refractivity contribution in [1.82, 2.24) is 4.98 Å². The van der Waals surface area contributed by atoms with Crippen LogP contribution in [0.25, 0.3) is 10.8 Å². The third kappa shape index (κ3) is 2.78. The van der Waals surface area contributed by atoms with Crippen LogP contribution in [-0.4, -0.2) is 23.6 Å². The smallest absolute Gasteiger partial charge is 0.263 e. The summed E-state index contributed by atoms with van der Waals surface area (Å²) in [4.78, 5) is 3.85. The number of nitrogens with zero attached hydrogens (tertiary/aromatic N) is 1. The maximum Gasteiger partial charge on any atom is 0.263 e. The van der Waals surface area contributed by atoms with Crippen LogP contribution in [0.15, 0.2) is 53.6 Å². The highest BCUT2D eigenvalue weighted by molar-refractivity contribution is 7.92. The van der Waals surface area contributed by atoms with Crippen molar-refractivity contribution in [2.75, 3.05) is 4.72 Å². The summed E-state index contributed by atoms with van der Waals surface area (Å²) in [6.45, 7) is 1.76. The lowest BCUT2D eigenvalue weighted by Crippen LogP contribution is -2.14. The number of aromatic hydroxyl groups is 2. The number of phenols is 1. The lowest BCUT2D eigenvalue weighted by Gasteiger charge is -2.10. The van der Waals surface area contributed by atoms with E-state index in [1.807, 2.05) is 0 Å². The van der Waals surface area contributed by atoms with Crippen molar-refractivity contribution in [2.24, 2.45) is 0 Å². The van der Waals surface area contributed by atoms with Gasteiger partial charge in [0.15, 0.2) is 11.6 Å². The average Bonchev–Trinajstić information content (AvgIpc) is 2.53. The number of rotatable bonds is 3. The van der Waals surface area contributed by atoms with E-state index in [9.17, 15) is 18.6 Å². The number of aryl methyl sites for hydroxylation is 1. The Bertz CT molecular complexity index is 1000. The molecule has 6 nitrogen and oxygen atoms in total. The Morgan fingerprint density at radius 1 is 1.04 bits per heavy atom. The van der Waals surface area contributed by atoms with E-state index in [2.05, 4.69) is 9.71 Å². The lowest BCUT2D eigenvalue weighted by molar-refractivity contribution is 0.472. The minimum absolute atomic E-state index is 0.0418. The Labute approximate surface area is 133 Å². The molecule has 118 valence electrons. The van der Waals surface area contributed by atoms with Crippen molar-refractivity contribution < 1.29 is 18.6 Å². The number of nitrogens with one attached hydrogen (secondary N) is 1. The molecule has 0 aliphatic rings. The van der Waals surface area contributed by atoms with Crippen LogP contribution >= 0.6 is 0 Å². The molecule has 1 heterocycles. The molecule has 0 unspecified atom stereocenters. The minimum atomic E-state index is -3.89. The van der Waals surface area contributed by atoms with Gasteiger partial charge in [-0.3, -0.25) is 4.72 Å². The summed E-state index contributed by atoms with van der Waals surface area (Å²) in [7, 11) is -3.89. The van der Waals surface area contributed by atoms with Crippen molar-refractivity contribution in [1.29, 1.82) is 0 Å². The maximum atomic E-state index is 12.4. The molecule has 0 fully saturated rings. The van der Waals surface area contributed by atoms with Crippen molar-refractivity contribution in [3.63, 3.8) is 0 Å². The van der Waals surface area contributed by atoms with Gasteiger partial charge in [0.25, 0.3) is 10.0 Å². The van der Waals surface area contributed by atoms with Crippen LogP contribution in [0.5, 0.6) is 11.5 Å². The fraction of sp³-hybridized carbons (Fsp3) is 0.0625. The number of aromatic nitrogens is 1. The lowest BCUT2D eigenvalue weighted by atomic mass is 10.1. The monoisotopic (exact) mass is 330 g/mol. The van der Waals surface area contributed by atoms with Crippen LogP contribution in [0.4, 0.5) is 5.82 Å². The van der Waals surface area contributed by atoms with E-state index < -0.39 is 10.0 Å². The molecule has 0 atom stereocenters. The zero-order valence-electron chi connectivity index (χ0n) is 12.2. The molecule has 0 bridgehead atoms. The SMILES string of the molecule is Cc1c(O)ccc2cc(S(=O)(=O)Nc3ncccc3O)ccc12. The van der Waals surface area contributed by atoms with Crippen LogP contribution in [-0.2, 0) is 10.0 Å². The van der Waals surface area contributed by atoms with Gasteiger partial charge in [-0.2, -0.15) is 0 Å². The van der Waals surface area contributed by atoms with E-state index in [-0.39, 0.29) is 22.2 Å². The van der Waals surface area contributed by atoms with Crippen LogP contribution in [0.2, 0.25) is 0 Å². The molecule has 3 N–H and O–H groups in total. The summed E-state index contributed by atoms with van der Waals surface area (Å²) in [5, 5.41) is 20.8. The first kappa shape index (κ1) is 15.1. The van der Waals surface area contributed by atoms with E-state index in [0.717, 1.165) is 5.39 Å². The Kier molecular flexibility index (Phi) is 3.57. The normalized spacial score (nSPS) is 11.5. The van der Waals surface area contributed by atoms with E-state index in [0.29, 0.717) is 10.9 Å². The van der Waals surface area contributed by atoms with Gasteiger partial charge in [0, 0.05) is 6.20 Å². The van der Waals surface area contributed by atoms with Gasteiger partial charge < -0.3 is 10.2 Å². The number of anilines is 1. The number of benzene rings is 2. The Morgan fingerprint density at radius 3 is 2.57 bits per heavy atom. The summed E-state index contributed by atoms with van der Waals surface area (Å²) < 4.78 is 27.1. The van der Waals surface area contributed by atoms with Gasteiger partial charge in [0.05, 0.1) is 4.90 Å². The summed E-state index contributed by atoms with van der Waals surface area (Å²) in [6, 6.07) is 10.6. The number of phenolic OH excluding ortho intramolecular Hbond substituents is 1. The molecule has 0 amide bonds. The largest absolute Gasteiger partial charge is 0.508 e. The highest BCUT2D eigenvalue weighted by atomic mass is 32.2. The minimum Gasteiger partial charge on any atom is -0.508 e. The first-order chi connectivity index (χ1) is 10.9. The van der Waals surface area contributed by atoms with E-state index in [4.69, 9.17) is 0 Å². The second kappa shape index (κ2) is 5.44. The number of sulfonamides is 1. The van der Waals surface area contributed by atoms with Crippen LogP contribution in [0.1, 0.15) is 5.56 Å². The molecule has 0 radical (unpaired) electrons. The molecule has 0 aliphatic heterocycles. The van der Waals surface area contributed by atoms with Gasteiger partial charge in [-0.25, -0.2) is 13.4 Å². The predicted octanol–water partition coefficient (Wildman–Crippen LogP) is 2.76. The van der Waals surface area contributed by atoms with Crippen LogP contribution in [0.3, 0.4) is 0 Å². The van der Waals surface area contributed by atoms with Gasteiger partial charge in [-0.1, -0.05) is 12.1 Å². The molecule has 1 aromatic heterocycles. The van der Waals surface area contributed by atoms with E-state index in [1.54, 1.807) is 19.1 Å². The van der Waals surface area contributed by atoms with Gasteiger partial charge >= 0.3 is 0 Å². The van der Waals surface area contributed by atoms with Crippen LogP contribution in [0, 0.1) is 6.92 Å². The Hall–Kier alpha value is -2.80. The summed E-state index contributed by atoms with van der Waals surface area (Å²) in [5.41, 5.74) is 0.682. The van der Waals surface area contributed by atoms with Crippen molar-refractivity contribution in [2.45, 2.75) is 11.8 Å². The summed E-state index contributed by atoms with van der Waals surface area (Å²) in [6.07, 6.45) is 1.38. The Morgan fingerprint density at radius 2 is 1.83 bits per heavy atom. The molecule has 0 spiro atoms. The second-order valence-electron chi connectivity index (χ2n) is 5.07. The molecule has 0 saturated carbocycles. The fourth-order valence-electron chi connectivity index (χ4n) is 2.28. The average molecular weight is 330 g/mol. The molecule has 23 heavy (non-hydrogen) atoms. The first-order valence-electron chi connectivity index (χ1n) is 6.77. The molecular weight excluding hydrogens is 316 g/mol. The second-order valence-corrected chi connectivity index (χ2v) is 6.75.